The van der Waals surface area contributed by atoms with Crippen LogP contribution in [0.25, 0.3) is 6.08 Å². The first-order valence-electron chi connectivity index (χ1n) is 13.1. The number of benzene rings is 3. The molecule has 214 valence electrons. The van der Waals surface area contributed by atoms with E-state index >= 15 is 0 Å². The first-order valence-corrected chi connectivity index (χ1v) is 14.0. The van der Waals surface area contributed by atoms with E-state index < -0.39 is 23.0 Å². The molecule has 10 nitrogen and oxygen atoms in total. The van der Waals surface area contributed by atoms with E-state index in [0.29, 0.717) is 22.5 Å². The summed E-state index contributed by atoms with van der Waals surface area (Å²) in [6, 6.07) is 24.8. The summed E-state index contributed by atoms with van der Waals surface area (Å²) in [4.78, 5) is 68.9. The largest absolute Gasteiger partial charge is 0.366 e. The SMILES string of the molecule is NC(=O)c1ccc(N2C(=O)CC(Sc3ccc(NC(=O)/C(=C/c4cccnc4)NC(=O)c4ccccc4)cc3)C2=O)cc1. The van der Waals surface area contributed by atoms with Crippen LogP contribution in [0.2, 0.25) is 0 Å². The Balaban J connectivity index is 1.26. The molecule has 5 rings (SSSR count). The number of nitrogens with two attached hydrogens (primary N) is 1. The highest BCUT2D eigenvalue weighted by molar-refractivity contribution is 8.00. The van der Waals surface area contributed by atoms with Gasteiger partial charge in [0.2, 0.25) is 17.7 Å². The highest BCUT2D eigenvalue weighted by Crippen LogP contribution is 2.34. The molecular formula is C32H25N5O5S. The summed E-state index contributed by atoms with van der Waals surface area (Å²) >= 11 is 1.24. The van der Waals surface area contributed by atoms with Crippen LogP contribution in [0, 0.1) is 0 Å². The minimum absolute atomic E-state index is 0.0170. The van der Waals surface area contributed by atoms with Crippen LogP contribution in [-0.4, -0.2) is 39.8 Å². The molecule has 4 aromatic rings. The van der Waals surface area contributed by atoms with Gasteiger partial charge in [-0.2, -0.15) is 0 Å². The molecule has 11 heteroatoms. The maximum Gasteiger partial charge on any atom is 0.272 e. The number of hydrogen-bond donors (Lipinski definition) is 3. The van der Waals surface area contributed by atoms with Crippen molar-refractivity contribution in [3.63, 3.8) is 0 Å². The zero-order valence-electron chi connectivity index (χ0n) is 22.6. The van der Waals surface area contributed by atoms with Gasteiger partial charge in [0.1, 0.15) is 5.70 Å². The van der Waals surface area contributed by atoms with Crippen molar-refractivity contribution >= 4 is 58.7 Å². The molecule has 1 saturated heterocycles. The summed E-state index contributed by atoms with van der Waals surface area (Å²) in [7, 11) is 0. The molecule has 1 atom stereocenters. The van der Waals surface area contributed by atoms with Gasteiger partial charge >= 0.3 is 0 Å². The number of anilines is 2. The highest BCUT2D eigenvalue weighted by atomic mass is 32.2. The van der Waals surface area contributed by atoms with Gasteiger partial charge in [-0.1, -0.05) is 24.3 Å². The number of amides is 5. The van der Waals surface area contributed by atoms with Gasteiger partial charge in [-0.05, 0) is 78.4 Å². The van der Waals surface area contributed by atoms with E-state index in [2.05, 4.69) is 15.6 Å². The molecule has 4 N–H and O–H groups in total. The fraction of sp³-hybridized carbons (Fsp3) is 0.0625. The number of pyridine rings is 1. The second kappa shape index (κ2) is 13.0. The predicted molar refractivity (Wildman–Crippen MR) is 163 cm³/mol. The summed E-state index contributed by atoms with van der Waals surface area (Å²) in [6.45, 7) is 0. The molecule has 1 aliphatic rings. The van der Waals surface area contributed by atoms with Gasteiger partial charge in [-0.15, -0.1) is 11.8 Å². The molecule has 1 fully saturated rings. The topological polar surface area (TPSA) is 152 Å². The van der Waals surface area contributed by atoms with Gasteiger partial charge in [0.15, 0.2) is 0 Å². The minimum atomic E-state index is -0.633. The van der Waals surface area contributed by atoms with Crippen molar-refractivity contribution in [1.82, 2.24) is 10.3 Å². The average molecular weight is 592 g/mol. The number of carbonyl (C=O) groups is 5. The van der Waals surface area contributed by atoms with Crippen LogP contribution < -0.4 is 21.3 Å². The van der Waals surface area contributed by atoms with Crippen LogP contribution in [0.3, 0.4) is 0 Å². The minimum Gasteiger partial charge on any atom is -0.366 e. The Bertz CT molecular complexity index is 1710. The predicted octanol–water partition coefficient (Wildman–Crippen LogP) is 4.01. The first kappa shape index (κ1) is 29.0. The van der Waals surface area contributed by atoms with Crippen LogP contribution in [0.15, 0.2) is 114 Å². The Labute approximate surface area is 251 Å². The van der Waals surface area contributed by atoms with Crippen molar-refractivity contribution in [2.75, 3.05) is 10.2 Å². The molecule has 0 spiro atoms. The van der Waals surface area contributed by atoms with Gasteiger partial charge in [0.25, 0.3) is 11.8 Å². The third kappa shape index (κ3) is 7.03. The zero-order chi connectivity index (χ0) is 30.3. The Hall–Kier alpha value is -5.55. The quantitative estimate of drug-likeness (QED) is 0.196. The average Bonchev–Trinajstić information content (AvgIpc) is 3.30. The van der Waals surface area contributed by atoms with E-state index in [9.17, 15) is 24.0 Å². The van der Waals surface area contributed by atoms with Crippen LogP contribution >= 0.6 is 11.8 Å². The van der Waals surface area contributed by atoms with E-state index in [4.69, 9.17) is 5.73 Å². The molecule has 2 heterocycles. The van der Waals surface area contributed by atoms with Crippen molar-refractivity contribution in [3.05, 3.63) is 126 Å². The maximum atomic E-state index is 13.2. The standard InChI is InChI=1S/C32H25N5O5S/c33-29(39)21-8-12-24(13-9-21)37-28(38)18-27(32(37)42)43-25-14-10-23(11-15-25)35-31(41)26(17-20-5-4-16-34-19-20)36-30(40)22-6-2-1-3-7-22/h1-17,19,27H,18H2,(H2,33,39)(H,35,41)(H,36,40)/b26-17-. The first-order chi connectivity index (χ1) is 20.8. The monoisotopic (exact) mass is 591 g/mol. The number of thioether (sulfide) groups is 1. The van der Waals surface area contributed by atoms with E-state index in [1.807, 2.05) is 0 Å². The van der Waals surface area contributed by atoms with E-state index in [1.165, 1.54) is 42.1 Å². The fourth-order valence-electron chi connectivity index (χ4n) is 4.29. The molecule has 3 aromatic carbocycles. The molecule has 5 amide bonds. The molecule has 0 bridgehead atoms. The number of aromatic nitrogens is 1. The third-order valence-corrected chi connectivity index (χ3v) is 7.63. The summed E-state index contributed by atoms with van der Waals surface area (Å²) in [5.41, 5.74) is 7.43. The molecule has 1 unspecified atom stereocenters. The molecule has 0 radical (unpaired) electrons. The lowest BCUT2D eigenvalue weighted by Gasteiger charge is -2.15. The van der Waals surface area contributed by atoms with E-state index in [1.54, 1.807) is 79.1 Å². The number of nitrogens with one attached hydrogen (secondary N) is 2. The Morgan fingerprint density at radius 1 is 0.884 bits per heavy atom. The van der Waals surface area contributed by atoms with Crippen LogP contribution in [0.5, 0.6) is 0 Å². The van der Waals surface area contributed by atoms with E-state index in [0.717, 1.165) is 9.80 Å². The normalized spacial score (nSPS) is 14.8. The number of carbonyl (C=O) groups excluding carboxylic acids is 5. The summed E-state index contributed by atoms with van der Waals surface area (Å²) in [6.07, 6.45) is 4.72. The Morgan fingerprint density at radius 3 is 2.26 bits per heavy atom. The smallest absolute Gasteiger partial charge is 0.272 e. The highest BCUT2D eigenvalue weighted by Gasteiger charge is 2.40. The molecule has 0 saturated carbocycles. The maximum absolute atomic E-state index is 13.2. The Morgan fingerprint density at radius 2 is 1.60 bits per heavy atom. The van der Waals surface area contributed by atoms with E-state index in [-0.39, 0.29) is 29.5 Å². The van der Waals surface area contributed by atoms with Crippen LogP contribution in [0.4, 0.5) is 11.4 Å². The van der Waals surface area contributed by atoms with Crippen molar-refractivity contribution < 1.29 is 24.0 Å². The summed E-state index contributed by atoms with van der Waals surface area (Å²) < 4.78 is 0. The van der Waals surface area contributed by atoms with Crippen LogP contribution in [0.1, 0.15) is 32.7 Å². The van der Waals surface area contributed by atoms with Crippen molar-refractivity contribution in [2.45, 2.75) is 16.6 Å². The second-order valence-corrected chi connectivity index (χ2v) is 10.7. The Kier molecular flexibility index (Phi) is 8.73. The third-order valence-electron chi connectivity index (χ3n) is 6.43. The van der Waals surface area contributed by atoms with Gasteiger partial charge in [-0.25, -0.2) is 4.90 Å². The van der Waals surface area contributed by atoms with Gasteiger partial charge in [0, 0.05) is 40.5 Å². The van der Waals surface area contributed by atoms with Gasteiger partial charge < -0.3 is 16.4 Å². The fourth-order valence-corrected chi connectivity index (χ4v) is 5.35. The molecule has 1 aliphatic heterocycles. The van der Waals surface area contributed by atoms with Crippen LogP contribution in [-0.2, 0) is 14.4 Å². The summed E-state index contributed by atoms with van der Waals surface area (Å²) in [5.74, 6) is -2.28. The lowest BCUT2D eigenvalue weighted by Crippen LogP contribution is -2.31. The number of nitrogens with zero attached hydrogens (tertiary/aromatic N) is 2. The van der Waals surface area contributed by atoms with Gasteiger partial charge in [-0.3, -0.25) is 29.0 Å². The van der Waals surface area contributed by atoms with Crippen molar-refractivity contribution in [1.29, 1.82) is 0 Å². The van der Waals surface area contributed by atoms with Crippen molar-refractivity contribution in [2.24, 2.45) is 5.73 Å². The molecule has 43 heavy (non-hydrogen) atoms. The summed E-state index contributed by atoms with van der Waals surface area (Å²) in [5, 5.41) is 4.83. The zero-order valence-corrected chi connectivity index (χ0v) is 23.4. The lowest BCUT2D eigenvalue weighted by atomic mass is 10.2. The number of hydrogen-bond acceptors (Lipinski definition) is 7. The molecule has 0 aliphatic carbocycles. The molecule has 1 aromatic heterocycles. The van der Waals surface area contributed by atoms with Crippen molar-refractivity contribution in [3.8, 4) is 0 Å². The number of rotatable bonds is 9. The lowest BCUT2D eigenvalue weighted by molar-refractivity contribution is -0.121. The number of imide groups is 1. The molecular weight excluding hydrogens is 566 g/mol. The number of primary amides is 1. The second-order valence-electron chi connectivity index (χ2n) is 9.43. The van der Waals surface area contributed by atoms with Gasteiger partial charge in [0.05, 0.1) is 10.9 Å².